The predicted octanol–water partition coefficient (Wildman–Crippen LogP) is 4.59. The van der Waals surface area contributed by atoms with Gasteiger partial charge in [-0.3, -0.25) is 4.79 Å². The highest BCUT2D eigenvalue weighted by Crippen LogP contribution is 2.31. The third kappa shape index (κ3) is 3.87. The number of thiazole rings is 1. The number of carbonyl (C=O) groups is 1. The largest absolute Gasteiger partial charge is 0.448 e. The van der Waals surface area contributed by atoms with Crippen LogP contribution in [0.25, 0.3) is 21.0 Å². The number of aromatic nitrogens is 1. The quantitative estimate of drug-likeness (QED) is 0.477. The van der Waals surface area contributed by atoms with E-state index in [1.807, 2.05) is 24.3 Å². The molecule has 7 nitrogen and oxygen atoms in total. The Bertz CT molecular complexity index is 1320. The van der Waals surface area contributed by atoms with Gasteiger partial charge in [0, 0.05) is 18.8 Å². The van der Waals surface area contributed by atoms with Crippen molar-refractivity contribution < 1.29 is 17.6 Å². The number of hydrogen-bond donors (Lipinski definition) is 1. The molecule has 4 aromatic rings. The van der Waals surface area contributed by atoms with Crippen LogP contribution in [0.4, 0.5) is 5.69 Å². The van der Waals surface area contributed by atoms with Crippen LogP contribution in [0, 0.1) is 0 Å². The number of para-hydroxylation sites is 1. The molecule has 31 heavy (non-hydrogen) atoms. The van der Waals surface area contributed by atoms with E-state index in [-0.39, 0.29) is 10.7 Å². The van der Waals surface area contributed by atoms with Gasteiger partial charge in [-0.05, 0) is 61.4 Å². The number of fused-ring (bicyclic) bond motifs is 1. The number of nitrogens with one attached hydrogen (secondary N) is 1. The summed E-state index contributed by atoms with van der Waals surface area (Å²) in [4.78, 5) is 17.3. The zero-order valence-electron chi connectivity index (χ0n) is 16.4. The minimum Gasteiger partial charge on any atom is -0.448 e. The SMILES string of the molecule is O=C(Nc1ccc(S(=O)(=O)N2CCCC2)cc1)c1ccc(-c2nc3ccccc3s2)o1. The Labute approximate surface area is 183 Å². The zero-order chi connectivity index (χ0) is 21.4. The van der Waals surface area contributed by atoms with Crippen molar-refractivity contribution >= 4 is 43.2 Å². The minimum absolute atomic E-state index is 0.156. The van der Waals surface area contributed by atoms with Crippen LogP contribution in [-0.2, 0) is 10.0 Å². The van der Waals surface area contributed by atoms with Crippen molar-refractivity contribution in [1.29, 1.82) is 0 Å². The van der Waals surface area contributed by atoms with E-state index in [0.29, 0.717) is 29.5 Å². The highest BCUT2D eigenvalue weighted by Gasteiger charge is 2.27. The first-order valence-corrected chi connectivity index (χ1v) is 12.1. The summed E-state index contributed by atoms with van der Waals surface area (Å²) in [6, 6.07) is 17.3. The third-order valence-corrected chi connectivity index (χ3v) is 8.11. The third-order valence-electron chi connectivity index (χ3n) is 5.15. The van der Waals surface area contributed by atoms with Gasteiger partial charge in [0.25, 0.3) is 5.91 Å². The maximum atomic E-state index is 12.6. The van der Waals surface area contributed by atoms with Crippen molar-refractivity contribution in [3.8, 4) is 10.8 Å². The fourth-order valence-electron chi connectivity index (χ4n) is 3.53. The first kappa shape index (κ1) is 19.9. The van der Waals surface area contributed by atoms with Crippen LogP contribution in [0.3, 0.4) is 0 Å². The van der Waals surface area contributed by atoms with Crippen LogP contribution in [-0.4, -0.2) is 36.7 Å². The van der Waals surface area contributed by atoms with Crippen LogP contribution < -0.4 is 5.32 Å². The van der Waals surface area contributed by atoms with E-state index in [4.69, 9.17) is 4.42 Å². The van der Waals surface area contributed by atoms with Crippen molar-refractivity contribution in [2.24, 2.45) is 0 Å². The Balaban J connectivity index is 1.30. The number of nitrogens with zero attached hydrogens (tertiary/aromatic N) is 2. The maximum Gasteiger partial charge on any atom is 0.291 e. The summed E-state index contributed by atoms with van der Waals surface area (Å²) < 4.78 is 33.5. The summed E-state index contributed by atoms with van der Waals surface area (Å²) in [7, 11) is -3.48. The fraction of sp³-hybridized carbons (Fsp3) is 0.182. The summed E-state index contributed by atoms with van der Waals surface area (Å²) in [6.07, 6.45) is 1.77. The number of carbonyl (C=O) groups excluding carboxylic acids is 1. The number of anilines is 1. The van der Waals surface area contributed by atoms with Crippen LogP contribution in [0.15, 0.2) is 70.0 Å². The molecule has 1 aliphatic rings. The minimum atomic E-state index is -3.48. The molecular formula is C22H19N3O4S2. The molecule has 1 fully saturated rings. The summed E-state index contributed by atoms with van der Waals surface area (Å²) in [5.74, 6) is 0.268. The Morgan fingerprint density at radius 1 is 1.00 bits per heavy atom. The molecule has 0 aliphatic carbocycles. The molecule has 3 heterocycles. The molecule has 1 N–H and O–H groups in total. The van der Waals surface area contributed by atoms with Crippen LogP contribution in [0.1, 0.15) is 23.4 Å². The van der Waals surface area contributed by atoms with Crippen molar-refractivity contribution in [2.45, 2.75) is 17.7 Å². The number of amides is 1. The summed E-state index contributed by atoms with van der Waals surface area (Å²) in [5.41, 5.74) is 1.37. The van der Waals surface area contributed by atoms with E-state index in [2.05, 4.69) is 10.3 Å². The van der Waals surface area contributed by atoms with Gasteiger partial charge in [0.1, 0.15) is 0 Å². The Morgan fingerprint density at radius 2 is 1.74 bits per heavy atom. The molecule has 0 spiro atoms. The van der Waals surface area contributed by atoms with E-state index >= 15 is 0 Å². The van der Waals surface area contributed by atoms with Gasteiger partial charge in [0.2, 0.25) is 10.0 Å². The van der Waals surface area contributed by atoms with Crippen molar-refractivity contribution in [3.63, 3.8) is 0 Å². The van der Waals surface area contributed by atoms with Crippen molar-refractivity contribution in [3.05, 3.63) is 66.4 Å². The van der Waals surface area contributed by atoms with E-state index in [9.17, 15) is 13.2 Å². The van der Waals surface area contributed by atoms with Gasteiger partial charge in [-0.15, -0.1) is 11.3 Å². The van der Waals surface area contributed by atoms with E-state index in [1.54, 1.807) is 24.3 Å². The standard InChI is InChI=1S/C22H19N3O4S2/c26-21(18-11-12-19(29-18)22-24-17-5-1-2-6-20(17)30-22)23-15-7-9-16(10-8-15)31(27,28)25-13-3-4-14-25/h1-2,5-12H,3-4,13-14H2,(H,23,26). The second-order valence-corrected chi connectivity index (χ2v) is 10.2. The molecule has 2 aromatic carbocycles. The molecule has 158 valence electrons. The Morgan fingerprint density at radius 3 is 2.48 bits per heavy atom. The lowest BCUT2D eigenvalue weighted by Gasteiger charge is -2.15. The average Bonchev–Trinajstić information content (AvgIpc) is 3.54. The topological polar surface area (TPSA) is 92.5 Å². The van der Waals surface area contributed by atoms with E-state index in [1.165, 1.54) is 27.8 Å². The lowest BCUT2D eigenvalue weighted by molar-refractivity contribution is 0.0997. The number of sulfonamides is 1. The molecule has 0 radical (unpaired) electrons. The molecule has 9 heteroatoms. The van der Waals surface area contributed by atoms with E-state index < -0.39 is 15.9 Å². The summed E-state index contributed by atoms with van der Waals surface area (Å²) >= 11 is 1.50. The van der Waals surface area contributed by atoms with Gasteiger partial charge in [0.05, 0.1) is 15.1 Å². The van der Waals surface area contributed by atoms with Gasteiger partial charge in [-0.2, -0.15) is 4.31 Å². The predicted molar refractivity (Wildman–Crippen MR) is 120 cm³/mol. The normalized spacial score (nSPS) is 14.8. The number of furan rings is 1. The number of rotatable bonds is 5. The molecule has 0 atom stereocenters. The van der Waals surface area contributed by atoms with Gasteiger partial charge in [0.15, 0.2) is 16.5 Å². The summed E-state index contributed by atoms with van der Waals surface area (Å²) in [6.45, 7) is 1.10. The van der Waals surface area contributed by atoms with Crippen LogP contribution in [0.5, 0.6) is 0 Å². The lowest BCUT2D eigenvalue weighted by atomic mass is 10.3. The fourth-order valence-corrected chi connectivity index (χ4v) is 5.98. The van der Waals surface area contributed by atoms with Gasteiger partial charge < -0.3 is 9.73 Å². The first-order valence-electron chi connectivity index (χ1n) is 9.88. The van der Waals surface area contributed by atoms with Crippen molar-refractivity contribution in [1.82, 2.24) is 9.29 Å². The van der Waals surface area contributed by atoms with Crippen molar-refractivity contribution in [2.75, 3.05) is 18.4 Å². The van der Waals surface area contributed by atoms with Gasteiger partial charge in [-0.25, -0.2) is 13.4 Å². The molecular weight excluding hydrogens is 434 g/mol. The number of hydrogen-bond acceptors (Lipinski definition) is 6. The number of benzene rings is 2. The van der Waals surface area contributed by atoms with Crippen LogP contribution >= 0.6 is 11.3 Å². The molecule has 5 rings (SSSR count). The zero-order valence-corrected chi connectivity index (χ0v) is 18.1. The first-order chi connectivity index (χ1) is 15.0. The smallest absolute Gasteiger partial charge is 0.291 e. The Kier molecular flexibility index (Phi) is 5.09. The molecule has 1 saturated heterocycles. The summed E-state index contributed by atoms with van der Waals surface area (Å²) in [5, 5.41) is 3.44. The highest BCUT2D eigenvalue weighted by atomic mass is 32.2. The molecule has 0 saturated carbocycles. The maximum absolute atomic E-state index is 12.6. The monoisotopic (exact) mass is 453 g/mol. The van der Waals surface area contributed by atoms with Gasteiger partial charge >= 0.3 is 0 Å². The Hall–Kier alpha value is -3.01. The molecule has 2 aromatic heterocycles. The lowest BCUT2D eigenvalue weighted by Crippen LogP contribution is -2.27. The molecule has 0 bridgehead atoms. The molecule has 1 aliphatic heterocycles. The van der Waals surface area contributed by atoms with E-state index in [0.717, 1.165) is 23.1 Å². The van der Waals surface area contributed by atoms with Crippen LogP contribution in [0.2, 0.25) is 0 Å². The average molecular weight is 454 g/mol. The second-order valence-electron chi connectivity index (χ2n) is 7.24. The molecule has 0 unspecified atom stereocenters. The second kappa shape index (κ2) is 7.92. The van der Waals surface area contributed by atoms with Gasteiger partial charge in [-0.1, -0.05) is 12.1 Å². The molecule has 1 amide bonds. The highest BCUT2D eigenvalue weighted by molar-refractivity contribution is 7.89.